The Hall–Kier alpha value is -0.570. The number of piperidine rings is 3. The first-order valence-corrected chi connectivity index (χ1v) is 6.50. The summed E-state index contributed by atoms with van der Waals surface area (Å²) in [5, 5.41) is 0. The molecule has 16 heavy (non-hydrogen) atoms. The van der Waals surface area contributed by atoms with E-state index in [-0.39, 0.29) is 11.6 Å². The van der Waals surface area contributed by atoms with Gasteiger partial charge < -0.3 is 9.64 Å². The zero-order valence-corrected chi connectivity index (χ0v) is 10.7. The van der Waals surface area contributed by atoms with Crippen molar-refractivity contribution in [2.24, 2.45) is 5.92 Å². The minimum atomic E-state index is -0.338. The van der Waals surface area contributed by atoms with Gasteiger partial charge in [0.05, 0.1) is 25.6 Å². The standard InChI is InChI=1S/C13H23NO2/c1-13(2,3)16-12(15)9-11-8-10-4-6-14(11)7-5-10/h10-11H,4-9H2,1-3H3/p+1. The van der Waals surface area contributed by atoms with E-state index in [2.05, 4.69) is 0 Å². The van der Waals surface area contributed by atoms with E-state index in [9.17, 15) is 4.79 Å². The molecule has 3 rings (SSSR count). The predicted octanol–water partition coefficient (Wildman–Crippen LogP) is 0.785. The van der Waals surface area contributed by atoms with E-state index in [0.29, 0.717) is 12.5 Å². The fourth-order valence-electron chi connectivity index (χ4n) is 3.07. The predicted molar refractivity (Wildman–Crippen MR) is 62.3 cm³/mol. The van der Waals surface area contributed by atoms with Crippen molar-refractivity contribution in [3.05, 3.63) is 0 Å². The quantitative estimate of drug-likeness (QED) is 0.706. The van der Waals surface area contributed by atoms with Gasteiger partial charge in [0.15, 0.2) is 0 Å². The second-order valence-electron chi connectivity index (χ2n) is 6.32. The Morgan fingerprint density at radius 3 is 2.38 bits per heavy atom. The average molecular weight is 226 g/mol. The average Bonchev–Trinajstić information content (AvgIpc) is 2.16. The van der Waals surface area contributed by atoms with Gasteiger partial charge in [-0.3, -0.25) is 4.79 Å². The van der Waals surface area contributed by atoms with Crippen LogP contribution in [0.15, 0.2) is 0 Å². The highest BCUT2D eigenvalue weighted by Crippen LogP contribution is 2.23. The number of rotatable bonds is 2. The number of esters is 1. The van der Waals surface area contributed by atoms with Crippen molar-refractivity contribution in [3.8, 4) is 0 Å². The molecule has 1 unspecified atom stereocenters. The molecule has 3 heteroatoms. The van der Waals surface area contributed by atoms with Gasteiger partial charge in [-0.2, -0.15) is 0 Å². The van der Waals surface area contributed by atoms with E-state index in [1.165, 1.54) is 32.4 Å². The third-order valence-corrected chi connectivity index (χ3v) is 3.78. The smallest absolute Gasteiger partial charge is 0.312 e. The molecule has 0 aliphatic carbocycles. The van der Waals surface area contributed by atoms with E-state index in [1.807, 2.05) is 20.8 Å². The molecule has 3 aliphatic heterocycles. The summed E-state index contributed by atoms with van der Waals surface area (Å²) in [7, 11) is 0. The molecular weight excluding hydrogens is 202 g/mol. The molecule has 3 fully saturated rings. The molecular formula is C13H24NO2+. The van der Waals surface area contributed by atoms with Crippen molar-refractivity contribution >= 4 is 5.97 Å². The molecule has 1 N–H and O–H groups in total. The molecule has 0 aromatic rings. The van der Waals surface area contributed by atoms with Gasteiger partial charge in [0.25, 0.3) is 0 Å². The molecule has 1 atom stereocenters. The van der Waals surface area contributed by atoms with Gasteiger partial charge in [0.1, 0.15) is 5.60 Å². The SMILES string of the molecule is CC(C)(C)OC(=O)CC1CC2CC[NH+]1CC2. The highest BCUT2D eigenvalue weighted by atomic mass is 16.6. The van der Waals surface area contributed by atoms with Gasteiger partial charge in [-0.25, -0.2) is 0 Å². The number of fused-ring (bicyclic) bond motifs is 3. The topological polar surface area (TPSA) is 30.7 Å². The lowest BCUT2D eigenvalue weighted by molar-refractivity contribution is -0.941. The summed E-state index contributed by atoms with van der Waals surface area (Å²) < 4.78 is 5.40. The first kappa shape index (κ1) is 11.9. The Morgan fingerprint density at radius 2 is 1.94 bits per heavy atom. The first-order valence-electron chi connectivity index (χ1n) is 6.50. The third-order valence-electron chi connectivity index (χ3n) is 3.78. The Balaban J connectivity index is 1.83. The maximum atomic E-state index is 11.8. The Labute approximate surface area is 98.1 Å². The molecule has 3 saturated heterocycles. The lowest BCUT2D eigenvalue weighted by Gasteiger charge is -2.42. The fourth-order valence-corrected chi connectivity index (χ4v) is 3.07. The maximum Gasteiger partial charge on any atom is 0.312 e. The molecule has 2 bridgehead atoms. The van der Waals surface area contributed by atoms with Crippen LogP contribution in [0.5, 0.6) is 0 Å². The summed E-state index contributed by atoms with van der Waals surface area (Å²) in [4.78, 5) is 13.4. The van der Waals surface area contributed by atoms with Crippen LogP contribution in [0.2, 0.25) is 0 Å². The number of ether oxygens (including phenoxy) is 1. The Morgan fingerprint density at radius 1 is 1.31 bits per heavy atom. The van der Waals surface area contributed by atoms with Gasteiger partial charge in [-0.15, -0.1) is 0 Å². The molecule has 3 heterocycles. The van der Waals surface area contributed by atoms with Crippen molar-refractivity contribution in [2.45, 2.75) is 58.1 Å². The van der Waals surface area contributed by atoms with Crippen molar-refractivity contribution < 1.29 is 14.4 Å². The summed E-state index contributed by atoms with van der Waals surface area (Å²) in [5.74, 6) is 0.863. The normalized spacial score (nSPS) is 33.8. The van der Waals surface area contributed by atoms with Crippen molar-refractivity contribution in [1.29, 1.82) is 0 Å². The molecule has 3 aliphatic rings. The minimum absolute atomic E-state index is 0.0162. The first-order chi connectivity index (χ1) is 7.44. The fraction of sp³-hybridized carbons (Fsp3) is 0.923. The van der Waals surface area contributed by atoms with Crippen molar-refractivity contribution in [3.63, 3.8) is 0 Å². The Kier molecular flexibility index (Phi) is 3.24. The third kappa shape index (κ3) is 2.97. The van der Waals surface area contributed by atoms with Crippen LogP contribution in [0.25, 0.3) is 0 Å². The van der Waals surface area contributed by atoms with E-state index in [0.717, 1.165) is 5.92 Å². The monoisotopic (exact) mass is 226 g/mol. The Bertz CT molecular complexity index is 262. The zero-order chi connectivity index (χ0) is 11.8. The summed E-state index contributed by atoms with van der Waals surface area (Å²) in [5.41, 5.74) is -0.338. The second-order valence-corrected chi connectivity index (χ2v) is 6.32. The van der Waals surface area contributed by atoms with E-state index < -0.39 is 0 Å². The molecule has 0 radical (unpaired) electrons. The van der Waals surface area contributed by atoms with Gasteiger partial charge in [-0.1, -0.05) is 0 Å². The molecule has 0 aromatic carbocycles. The second kappa shape index (κ2) is 4.36. The number of hydrogen-bond donors (Lipinski definition) is 1. The van der Waals surface area contributed by atoms with Crippen LogP contribution < -0.4 is 4.90 Å². The van der Waals surface area contributed by atoms with Gasteiger partial charge in [0, 0.05) is 6.42 Å². The lowest BCUT2D eigenvalue weighted by atomic mass is 9.82. The maximum absolute atomic E-state index is 11.8. The number of carbonyl (C=O) groups is 1. The highest BCUT2D eigenvalue weighted by Gasteiger charge is 2.38. The van der Waals surface area contributed by atoms with Crippen LogP contribution in [0.3, 0.4) is 0 Å². The minimum Gasteiger partial charge on any atom is -0.460 e. The van der Waals surface area contributed by atoms with Crippen molar-refractivity contribution in [2.75, 3.05) is 13.1 Å². The molecule has 0 amide bonds. The molecule has 3 nitrogen and oxygen atoms in total. The number of nitrogens with one attached hydrogen (secondary N) is 1. The summed E-state index contributed by atoms with van der Waals surface area (Å²) >= 11 is 0. The van der Waals surface area contributed by atoms with E-state index in [1.54, 1.807) is 4.90 Å². The number of quaternary nitrogens is 1. The zero-order valence-electron chi connectivity index (χ0n) is 10.7. The van der Waals surface area contributed by atoms with Gasteiger partial charge in [-0.05, 0) is 39.5 Å². The van der Waals surface area contributed by atoms with Crippen LogP contribution in [-0.2, 0) is 9.53 Å². The van der Waals surface area contributed by atoms with Crippen LogP contribution in [-0.4, -0.2) is 30.7 Å². The molecule has 0 aromatic heterocycles. The highest BCUT2D eigenvalue weighted by molar-refractivity contribution is 5.70. The van der Waals surface area contributed by atoms with Crippen LogP contribution in [0.4, 0.5) is 0 Å². The lowest BCUT2D eigenvalue weighted by Crippen LogP contribution is -3.18. The summed E-state index contributed by atoms with van der Waals surface area (Å²) in [6.45, 7) is 8.33. The molecule has 92 valence electrons. The van der Waals surface area contributed by atoms with E-state index >= 15 is 0 Å². The molecule has 0 spiro atoms. The van der Waals surface area contributed by atoms with Crippen molar-refractivity contribution in [1.82, 2.24) is 0 Å². The number of carbonyl (C=O) groups excluding carboxylic acids is 1. The van der Waals surface area contributed by atoms with Crippen LogP contribution in [0.1, 0.15) is 46.5 Å². The summed E-state index contributed by atoms with van der Waals surface area (Å²) in [6.07, 6.45) is 4.57. The van der Waals surface area contributed by atoms with E-state index in [4.69, 9.17) is 4.74 Å². The van der Waals surface area contributed by atoms with Crippen LogP contribution >= 0.6 is 0 Å². The van der Waals surface area contributed by atoms with Gasteiger partial charge in [0.2, 0.25) is 0 Å². The largest absolute Gasteiger partial charge is 0.460 e. The summed E-state index contributed by atoms with van der Waals surface area (Å²) in [6, 6.07) is 0.530. The van der Waals surface area contributed by atoms with Crippen LogP contribution in [0, 0.1) is 5.92 Å². The van der Waals surface area contributed by atoms with Gasteiger partial charge >= 0.3 is 5.97 Å². The molecule has 0 saturated carbocycles. The number of hydrogen-bond acceptors (Lipinski definition) is 2.